The molecule has 17 heavy (non-hydrogen) atoms. The molecule has 5 heteroatoms. The molecule has 0 aliphatic rings. The Balaban J connectivity index is 2.90. The maximum atomic E-state index is 8.98. The van der Waals surface area contributed by atoms with Gasteiger partial charge in [-0.05, 0) is 12.8 Å². The number of nitrogens with zero attached hydrogens (tertiary/aromatic N) is 2. The van der Waals surface area contributed by atoms with E-state index in [0.717, 1.165) is 17.2 Å². The zero-order valence-corrected chi connectivity index (χ0v) is 11.5. The van der Waals surface area contributed by atoms with Crippen molar-refractivity contribution in [3.05, 3.63) is 16.5 Å². The Hall–Kier alpha value is -0.870. The molecule has 0 amide bonds. The summed E-state index contributed by atoms with van der Waals surface area (Å²) in [6.07, 6.45) is 0. The van der Waals surface area contributed by atoms with E-state index in [1.165, 1.54) is 0 Å². The van der Waals surface area contributed by atoms with E-state index in [4.69, 9.17) is 16.7 Å². The molecule has 0 radical (unpaired) electrons. The molecular weight excluding hydrogens is 238 g/mol. The first-order valence-corrected chi connectivity index (χ1v) is 6.22. The molecule has 0 aliphatic carbocycles. The Bertz CT molecular complexity index is 382. The van der Waals surface area contributed by atoms with Gasteiger partial charge in [0.2, 0.25) is 0 Å². The zero-order chi connectivity index (χ0) is 13.0. The van der Waals surface area contributed by atoms with Gasteiger partial charge in [-0.15, -0.1) is 0 Å². The molecule has 96 valence electrons. The van der Waals surface area contributed by atoms with Gasteiger partial charge >= 0.3 is 0 Å². The number of hydrogen-bond donors (Lipinski definition) is 2. The fourth-order valence-corrected chi connectivity index (χ4v) is 1.45. The minimum atomic E-state index is 0.155. The Morgan fingerprint density at radius 3 is 2.47 bits per heavy atom. The molecule has 4 nitrogen and oxygen atoms in total. The summed E-state index contributed by atoms with van der Waals surface area (Å²) in [6, 6.07) is 0. The summed E-state index contributed by atoms with van der Waals surface area (Å²) in [6.45, 7) is 8.74. The Kier molecular flexibility index (Phi) is 5.15. The van der Waals surface area contributed by atoms with Crippen molar-refractivity contribution in [2.24, 2.45) is 5.92 Å². The highest BCUT2D eigenvalue weighted by Gasteiger charge is 2.12. The molecule has 0 saturated carbocycles. The first-order chi connectivity index (χ1) is 7.95. The van der Waals surface area contributed by atoms with Gasteiger partial charge in [0.1, 0.15) is 16.8 Å². The van der Waals surface area contributed by atoms with Crippen LogP contribution >= 0.6 is 11.6 Å². The van der Waals surface area contributed by atoms with Gasteiger partial charge in [-0.25, -0.2) is 9.97 Å². The first-order valence-electron chi connectivity index (χ1n) is 5.84. The maximum absolute atomic E-state index is 8.98. The van der Waals surface area contributed by atoms with Crippen molar-refractivity contribution in [1.29, 1.82) is 0 Å². The van der Waals surface area contributed by atoms with Crippen molar-refractivity contribution in [3.63, 3.8) is 0 Å². The largest absolute Gasteiger partial charge is 0.396 e. The zero-order valence-electron chi connectivity index (χ0n) is 10.8. The van der Waals surface area contributed by atoms with Crippen LogP contribution in [0.15, 0.2) is 0 Å². The molecular formula is C12H20ClN3O. The average molecular weight is 258 g/mol. The summed E-state index contributed by atoms with van der Waals surface area (Å²) in [5.41, 5.74) is 0.848. The third-order valence-electron chi connectivity index (χ3n) is 2.55. The van der Waals surface area contributed by atoms with Crippen LogP contribution in [0.2, 0.25) is 5.15 Å². The van der Waals surface area contributed by atoms with E-state index in [1.807, 2.05) is 27.7 Å². The van der Waals surface area contributed by atoms with E-state index in [1.54, 1.807) is 0 Å². The predicted molar refractivity (Wildman–Crippen MR) is 70.6 cm³/mol. The Morgan fingerprint density at radius 2 is 1.94 bits per heavy atom. The van der Waals surface area contributed by atoms with Crippen molar-refractivity contribution in [1.82, 2.24) is 9.97 Å². The predicted octanol–water partition coefficient (Wildman–Crippen LogP) is 2.60. The van der Waals surface area contributed by atoms with E-state index in [2.05, 4.69) is 15.3 Å². The lowest BCUT2D eigenvalue weighted by molar-refractivity contribution is 0.244. The molecule has 1 unspecified atom stereocenters. The third kappa shape index (κ3) is 3.82. The number of aromatic nitrogens is 2. The second-order valence-electron chi connectivity index (χ2n) is 4.67. The molecule has 0 aromatic carbocycles. The summed E-state index contributed by atoms with van der Waals surface area (Å²) in [5.74, 6) is 1.92. The molecule has 1 aromatic heterocycles. The van der Waals surface area contributed by atoms with Crippen LogP contribution in [0, 0.1) is 12.8 Å². The van der Waals surface area contributed by atoms with Crippen LogP contribution in [0.3, 0.4) is 0 Å². The van der Waals surface area contributed by atoms with Crippen LogP contribution in [-0.4, -0.2) is 28.2 Å². The number of hydrogen-bond acceptors (Lipinski definition) is 4. The van der Waals surface area contributed by atoms with Crippen LogP contribution in [0.1, 0.15) is 38.1 Å². The van der Waals surface area contributed by atoms with Gasteiger partial charge in [-0.1, -0.05) is 32.4 Å². The average Bonchev–Trinajstić information content (AvgIpc) is 2.30. The number of anilines is 1. The topological polar surface area (TPSA) is 58.0 Å². The van der Waals surface area contributed by atoms with Crippen molar-refractivity contribution in [2.75, 3.05) is 18.5 Å². The number of nitrogens with one attached hydrogen (secondary N) is 1. The highest BCUT2D eigenvalue weighted by Crippen LogP contribution is 2.22. The van der Waals surface area contributed by atoms with Gasteiger partial charge in [0.05, 0.1) is 0 Å². The lowest BCUT2D eigenvalue weighted by Crippen LogP contribution is -2.17. The fraction of sp³-hybridized carbons (Fsp3) is 0.667. The monoisotopic (exact) mass is 257 g/mol. The van der Waals surface area contributed by atoms with E-state index in [-0.39, 0.29) is 18.4 Å². The molecule has 1 atom stereocenters. The summed E-state index contributed by atoms with van der Waals surface area (Å²) in [7, 11) is 0. The molecule has 0 aliphatic heterocycles. The summed E-state index contributed by atoms with van der Waals surface area (Å²) >= 11 is 6.07. The van der Waals surface area contributed by atoms with Crippen LogP contribution in [0.5, 0.6) is 0 Å². The third-order valence-corrected chi connectivity index (χ3v) is 2.92. The normalized spacial score (nSPS) is 12.9. The highest BCUT2D eigenvalue weighted by atomic mass is 35.5. The quantitative estimate of drug-likeness (QED) is 0.796. The smallest absolute Gasteiger partial charge is 0.137 e. The van der Waals surface area contributed by atoms with E-state index in [0.29, 0.717) is 11.7 Å². The summed E-state index contributed by atoms with van der Waals surface area (Å²) in [4.78, 5) is 8.70. The van der Waals surface area contributed by atoms with E-state index < -0.39 is 0 Å². The summed E-state index contributed by atoms with van der Waals surface area (Å²) < 4.78 is 0. The van der Waals surface area contributed by atoms with Crippen molar-refractivity contribution >= 4 is 17.4 Å². The molecule has 0 spiro atoms. The van der Waals surface area contributed by atoms with Crippen molar-refractivity contribution < 1.29 is 5.11 Å². The van der Waals surface area contributed by atoms with Gasteiger partial charge < -0.3 is 10.4 Å². The molecule has 1 heterocycles. The van der Waals surface area contributed by atoms with Crippen LogP contribution in [0.25, 0.3) is 0 Å². The number of halogens is 1. The second kappa shape index (κ2) is 6.17. The standard InChI is InChI=1S/C12H20ClN3O/c1-7(2)11-15-10(13)9(4)12(16-11)14-5-8(3)6-17/h7-8,17H,5-6H2,1-4H3,(H,14,15,16). The molecule has 0 fully saturated rings. The van der Waals surface area contributed by atoms with Gasteiger partial charge in [0.15, 0.2) is 0 Å². The second-order valence-corrected chi connectivity index (χ2v) is 5.03. The first kappa shape index (κ1) is 14.2. The Labute approximate surface area is 107 Å². The van der Waals surface area contributed by atoms with Gasteiger partial charge in [-0.3, -0.25) is 0 Å². The maximum Gasteiger partial charge on any atom is 0.137 e. The molecule has 0 bridgehead atoms. The van der Waals surface area contributed by atoms with Crippen molar-refractivity contribution in [2.45, 2.75) is 33.6 Å². The highest BCUT2D eigenvalue weighted by molar-refractivity contribution is 6.30. The molecule has 0 saturated heterocycles. The van der Waals surface area contributed by atoms with Crippen molar-refractivity contribution in [3.8, 4) is 0 Å². The minimum Gasteiger partial charge on any atom is -0.396 e. The fourth-order valence-electron chi connectivity index (χ4n) is 1.27. The number of aliphatic hydroxyl groups is 1. The minimum absolute atomic E-state index is 0.155. The molecule has 1 rings (SSSR count). The summed E-state index contributed by atoms with van der Waals surface area (Å²) in [5, 5.41) is 12.7. The Morgan fingerprint density at radius 1 is 1.29 bits per heavy atom. The van der Waals surface area contributed by atoms with Gasteiger partial charge in [0.25, 0.3) is 0 Å². The molecule has 2 N–H and O–H groups in total. The van der Waals surface area contributed by atoms with Gasteiger partial charge in [0, 0.05) is 24.6 Å². The molecule has 1 aromatic rings. The van der Waals surface area contributed by atoms with E-state index in [9.17, 15) is 0 Å². The SMILES string of the molecule is Cc1c(Cl)nc(C(C)C)nc1NCC(C)CO. The van der Waals surface area contributed by atoms with Crippen LogP contribution in [0.4, 0.5) is 5.82 Å². The number of rotatable bonds is 5. The van der Waals surface area contributed by atoms with Gasteiger partial charge in [-0.2, -0.15) is 0 Å². The lowest BCUT2D eigenvalue weighted by Gasteiger charge is -2.14. The van der Waals surface area contributed by atoms with Crippen LogP contribution < -0.4 is 5.32 Å². The number of aliphatic hydroxyl groups excluding tert-OH is 1. The van der Waals surface area contributed by atoms with Crippen LogP contribution in [-0.2, 0) is 0 Å². The lowest BCUT2D eigenvalue weighted by atomic mass is 10.2. The van der Waals surface area contributed by atoms with E-state index >= 15 is 0 Å².